The predicted molar refractivity (Wildman–Crippen MR) is 64.2 cm³/mol. The smallest absolute Gasteiger partial charge is 0.407 e. The lowest BCUT2D eigenvalue weighted by molar-refractivity contribution is 0.0527. The van der Waals surface area contributed by atoms with E-state index in [-0.39, 0.29) is 18.7 Å². The minimum Gasteiger partial charge on any atom is -0.444 e. The van der Waals surface area contributed by atoms with Crippen molar-refractivity contribution < 1.29 is 14.3 Å². The van der Waals surface area contributed by atoms with Crippen LogP contribution in [0.2, 0.25) is 0 Å². The third-order valence-electron chi connectivity index (χ3n) is 1.91. The fourth-order valence-electron chi connectivity index (χ4n) is 1.19. The molecule has 0 spiro atoms. The molecule has 0 aliphatic carbocycles. The number of Topliss-reactive ketones (excluding diaryl/α,β-unsaturated/α-hetero) is 1. The van der Waals surface area contributed by atoms with Gasteiger partial charge in [-0.05, 0) is 20.8 Å². The van der Waals surface area contributed by atoms with Crippen LogP contribution in [0.1, 0.15) is 37.7 Å². The quantitative estimate of drug-likeness (QED) is 0.807. The highest BCUT2D eigenvalue weighted by atomic mass is 16.6. The van der Waals surface area contributed by atoms with Crippen LogP contribution in [-0.4, -0.2) is 39.0 Å². The lowest BCUT2D eigenvalue weighted by Gasteiger charge is -2.19. The highest BCUT2D eigenvalue weighted by Crippen LogP contribution is 2.06. The number of alkyl carbamates (subject to hydrolysis) is 1. The average molecular weight is 254 g/mol. The maximum atomic E-state index is 11.6. The van der Waals surface area contributed by atoms with Gasteiger partial charge in [0.05, 0.1) is 6.20 Å². The van der Waals surface area contributed by atoms with Crippen LogP contribution in [0.5, 0.6) is 0 Å². The summed E-state index contributed by atoms with van der Waals surface area (Å²) in [4.78, 5) is 24.2. The number of amides is 1. The first-order chi connectivity index (χ1) is 8.28. The first kappa shape index (κ1) is 14.1. The second-order valence-electron chi connectivity index (χ2n) is 4.82. The maximum absolute atomic E-state index is 11.6. The largest absolute Gasteiger partial charge is 0.444 e. The van der Waals surface area contributed by atoms with Crippen LogP contribution < -0.4 is 5.32 Å². The fraction of sp³-hybridized carbons (Fsp3) is 0.636. The number of carbonyl (C=O) groups is 2. The zero-order chi connectivity index (χ0) is 13.8. The van der Waals surface area contributed by atoms with Crippen molar-refractivity contribution >= 4 is 11.9 Å². The first-order valence-electron chi connectivity index (χ1n) is 5.64. The molecule has 0 atom stereocenters. The SMILES string of the molecule is Cn1ncc(C(=O)CCNC(=O)OC(C)(C)C)n1. The van der Waals surface area contributed by atoms with Gasteiger partial charge in [0.2, 0.25) is 0 Å². The Bertz CT molecular complexity index is 434. The van der Waals surface area contributed by atoms with Crippen molar-refractivity contribution in [2.75, 3.05) is 6.54 Å². The second-order valence-corrected chi connectivity index (χ2v) is 4.82. The number of aryl methyl sites for hydroxylation is 1. The van der Waals surface area contributed by atoms with E-state index in [1.165, 1.54) is 11.0 Å². The van der Waals surface area contributed by atoms with E-state index in [1.807, 2.05) is 0 Å². The molecule has 0 radical (unpaired) electrons. The number of hydrogen-bond acceptors (Lipinski definition) is 5. The molecule has 1 amide bonds. The molecule has 0 bridgehead atoms. The number of aromatic nitrogens is 3. The normalized spacial score (nSPS) is 11.1. The molecule has 1 aromatic rings. The minimum absolute atomic E-state index is 0.165. The monoisotopic (exact) mass is 254 g/mol. The van der Waals surface area contributed by atoms with Crippen LogP contribution in [0.25, 0.3) is 0 Å². The first-order valence-corrected chi connectivity index (χ1v) is 5.64. The van der Waals surface area contributed by atoms with Gasteiger partial charge in [0.15, 0.2) is 5.78 Å². The van der Waals surface area contributed by atoms with Gasteiger partial charge in [-0.2, -0.15) is 15.0 Å². The summed E-state index contributed by atoms with van der Waals surface area (Å²) in [5.74, 6) is -0.167. The lowest BCUT2D eigenvalue weighted by Crippen LogP contribution is -2.33. The molecule has 0 fully saturated rings. The van der Waals surface area contributed by atoms with Crippen molar-refractivity contribution in [3.8, 4) is 0 Å². The van der Waals surface area contributed by atoms with Crippen molar-refractivity contribution in [1.29, 1.82) is 0 Å². The Balaban J connectivity index is 2.30. The molecule has 0 unspecified atom stereocenters. The Kier molecular flexibility index (Phi) is 4.41. The molecule has 1 aromatic heterocycles. The summed E-state index contributed by atoms with van der Waals surface area (Å²) in [5, 5.41) is 10.2. The van der Waals surface area contributed by atoms with Gasteiger partial charge in [-0.25, -0.2) is 4.79 Å². The summed E-state index contributed by atoms with van der Waals surface area (Å²) in [6.45, 7) is 5.54. The van der Waals surface area contributed by atoms with Crippen LogP contribution >= 0.6 is 0 Å². The molecule has 0 aromatic carbocycles. The van der Waals surface area contributed by atoms with E-state index < -0.39 is 11.7 Å². The zero-order valence-corrected chi connectivity index (χ0v) is 11.1. The third kappa shape index (κ3) is 4.94. The molecule has 0 aliphatic rings. The molecule has 100 valence electrons. The highest BCUT2D eigenvalue weighted by molar-refractivity contribution is 5.94. The number of ether oxygens (including phenoxy) is 1. The molecule has 0 saturated heterocycles. The van der Waals surface area contributed by atoms with E-state index in [4.69, 9.17) is 4.74 Å². The van der Waals surface area contributed by atoms with Crippen LogP contribution in [0.3, 0.4) is 0 Å². The zero-order valence-electron chi connectivity index (χ0n) is 11.1. The molecular weight excluding hydrogens is 236 g/mol. The average Bonchev–Trinajstić information content (AvgIpc) is 2.62. The van der Waals surface area contributed by atoms with Crippen molar-refractivity contribution in [1.82, 2.24) is 20.3 Å². The standard InChI is InChI=1S/C11H18N4O3/c1-11(2,3)18-10(17)12-6-5-9(16)8-7-13-15(4)14-8/h7H,5-6H2,1-4H3,(H,12,17). The van der Waals surface area contributed by atoms with Crippen LogP contribution in [0.4, 0.5) is 4.79 Å². The Labute approximate surface area is 105 Å². The van der Waals surface area contributed by atoms with Gasteiger partial charge >= 0.3 is 6.09 Å². The van der Waals surface area contributed by atoms with E-state index >= 15 is 0 Å². The summed E-state index contributed by atoms with van der Waals surface area (Å²) in [7, 11) is 1.63. The van der Waals surface area contributed by atoms with Gasteiger partial charge < -0.3 is 10.1 Å². The summed E-state index contributed by atoms with van der Waals surface area (Å²) in [5.41, 5.74) is -0.248. The van der Waals surface area contributed by atoms with E-state index in [0.717, 1.165) is 0 Å². The Morgan fingerprint density at radius 3 is 2.61 bits per heavy atom. The Morgan fingerprint density at radius 2 is 2.11 bits per heavy atom. The molecule has 7 heteroatoms. The number of nitrogens with one attached hydrogen (secondary N) is 1. The van der Waals surface area contributed by atoms with E-state index in [0.29, 0.717) is 5.69 Å². The van der Waals surface area contributed by atoms with Gasteiger partial charge in [-0.3, -0.25) is 4.79 Å². The Morgan fingerprint density at radius 1 is 1.44 bits per heavy atom. The van der Waals surface area contributed by atoms with Crippen LogP contribution in [0, 0.1) is 0 Å². The Hall–Kier alpha value is -1.92. The number of ketones is 1. The molecule has 0 saturated carbocycles. The van der Waals surface area contributed by atoms with Crippen molar-refractivity contribution in [3.63, 3.8) is 0 Å². The molecule has 18 heavy (non-hydrogen) atoms. The predicted octanol–water partition coefficient (Wildman–Crippen LogP) is 0.913. The topological polar surface area (TPSA) is 86.1 Å². The van der Waals surface area contributed by atoms with E-state index in [1.54, 1.807) is 27.8 Å². The molecular formula is C11H18N4O3. The van der Waals surface area contributed by atoms with Crippen LogP contribution in [-0.2, 0) is 11.8 Å². The molecule has 1 N–H and O–H groups in total. The van der Waals surface area contributed by atoms with Crippen LogP contribution in [0.15, 0.2) is 6.20 Å². The summed E-state index contributed by atoms with van der Waals surface area (Å²) in [6, 6.07) is 0. The molecule has 0 aliphatic heterocycles. The molecule has 7 nitrogen and oxygen atoms in total. The van der Waals surface area contributed by atoms with Gasteiger partial charge in [0, 0.05) is 20.0 Å². The maximum Gasteiger partial charge on any atom is 0.407 e. The second kappa shape index (κ2) is 5.61. The third-order valence-corrected chi connectivity index (χ3v) is 1.91. The lowest BCUT2D eigenvalue weighted by atomic mass is 10.2. The van der Waals surface area contributed by atoms with Crippen molar-refractivity contribution in [2.24, 2.45) is 7.05 Å². The fourth-order valence-corrected chi connectivity index (χ4v) is 1.19. The number of rotatable bonds is 4. The van der Waals surface area contributed by atoms with E-state index in [2.05, 4.69) is 15.5 Å². The van der Waals surface area contributed by atoms with Gasteiger partial charge in [0.1, 0.15) is 11.3 Å². The van der Waals surface area contributed by atoms with Gasteiger partial charge in [0.25, 0.3) is 0 Å². The highest BCUT2D eigenvalue weighted by Gasteiger charge is 2.16. The number of carbonyl (C=O) groups excluding carboxylic acids is 2. The number of nitrogens with zero attached hydrogens (tertiary/aromatic N) is 3. The molecule has 1 rings (SSSR count). The summed E-state index contributed by atoms with van der Waals surface area (Å²) in [6.07, 6.45) is 1.03. The van der Waals surface area contributed by atoms with Gasteiger partial charge in [-0.1, -0.05) is 0 Å². The summed E-state index contributed by atoms with van der Waals surface area (Å²) < 4.78 is 5.04. The summed E-state index contributed by atoms with van der Waals surface area (Å²) >= 11 is 0. The van der Waals surface area contributed by atoms with Gasteiger partial charge in [-0.15, -0.1) is 0 Å². The minimum atomic E-state index is -0.543. The van der Waals surface area contributed by atoms with E-state index in [9.17, 15) is 9.59 Å². The number of hydrogen-bond donors (Lipinski definition) is 1. The van der Waals surface area contributed by atoms with Crippen molar-refractivity contribution in [3.05, 3.63) is 11.9 Å². The molecule has 1 heterocycles. The van der Waals surface area contributed by atoms with Crippen molar-refractivity contribution in [2.45, 2.75) is 32.8 Å².